The van der Waals surface area contributed by atoms with Crippen molar-refractivity contribution in [3.63, 3.8) is 0 Å². The highest BCUT2D eigenvalue weighted by molar-refractivity contribution is 5.85. The van der Waals surface area contributed by atoms with E-state index < -0.39 is 0 Å². The number of allylic oxidation sites excluding steroid dienone is 1. The number of piperidine rings is 1. The molecule has 1 aliphatic carbocycles. The fraction of sp³-hybridized carbons (Fsp3) is 0.818. The number of hydrogen-bond acceptors (Lipinski definition) is 1. The van der Waals surface area contributed by atoms with Crippen molar-refractivity contribution in [2.45, 2.75) is 57.0 Å². The molecular weight excluding hydrogens is 182 g/mol. The third-order valence-corrected chi connectivity index (χ3v) is 3.78. The van der Waals surface area contributed by atoms with Crippen LogP contribution in [0.3, 0.4) is 0 Å². The minimum Gasteiger partial charge on any atom is -0.311 e. The number of fused-ring (bicyclic) bond motifs is 2. The Labute approximate surface area is 86.4 Å². The van der Waals surface area contributed by atoms with Crippen LogP contribution in [0.5, 0.6) is 0 Å². The van der Waals surface area contributed by atoms with Crippen LogP contribution in [0.15, 0.2) is 11.1 Å². The lowest BCUT2D eigenvalue weighted by Crippen LogP contribution is -2.35. The van der Waals surface area contributed by atoms with Crippen molar-refractivity contribution >= 4 is 12.4 Å². The predicted molar refractivity (Wildman–Crippen MR) is 57.3 cm³/mol. The van der Waals surface area contributed by atoms with E-state index in [0.29, 0.717) is 0 Å². The lowest BCUT2D eigenvalue weighted by atomic mass is 9.83. The van der Waals surface area contributed by atoms with E-state index >= 15 is 0 Å². The highest BCUT2D eigenvalue weighted by atomic mass is 35.5. The monoisotopic (exact) mass is 199 g/mol. The molecule has 0 radical (unpaired) electrons. The normalized spacial score (nSPS) is 36.9. The van der Waals surface area contributed by atoms with Crippen LogP contribution in [0.1, 0.15) is 44.9 Å². The van der Waals surface area contributed by atoms with Gasteiger partial charge in [0.15, 0.2) is 0 Å². The SMILES string of the molecule is C1CC(=C2CC3CCC(C2)N3)C1.Cl. The molecule has 2 unspecified atom stereocenters. The van der Waals surface area contributed by atoms with Gasteiger partial charge in [-0.3, -0.25) is 0 Å². The van der Waals surface area contributed by atoms with Crippen LogP contribution in [-0.4, -0.2) is 12.1 Å². The summed E-state index contributed by atoms with van der Waals surface area (Å²) in [6.45, 7) is 0. The quantitative estimate of drug-likeness (QED) is 0.592. The van der Waals surface area contributed by atoms with Gasteiger partial charge in [0, 0.05) is 12.1 Å². The van der Waals surface area contributed by atoms with Gasteiger partial charge in [-0.15, -0.1) is 12.4 Å². The molecule has 74 valence electrons. The average molecular weight is 200 g/mol. The zero-order chi connectivity index (χ0) is 7.97. The lowest BCUT2D eigenvalue weighted by molar-refractivity contribution is 0.459. The molecule has 0 spiro atoms. The third kappa shape index (κ3) is 1.64. The van der Waals surface area contributed by atoms with Gasteiger partial charge in [0.05, 0.1) is 0 Å². The summed E-state index contributed by atoms with van der Waals surface area (Å²) in [6, 6.07) is 1.71. The first kappa shape index (κ1) is 9.54. The Balaban J connectivity index is 0.000000653. The Morgan fingerprint density at radius 1 is 0.923 bits per heavy atom. The van der Waals surface area contributed by atoms with Crippen molar-refractivity contribution in [2.24, 2.45) is 0 Å². The van der Waals surface area contributed by atoms with Crippen molar-refractivity contribution in [1.82, 2.24) is 5.32 Å². The van der Waals surface area contributed by atoms with E-state index in [-0.39, 0.29) is 12.4 Å². The van der Waals surface area contributed by atoms with Gasteiger partial charge in [-0.05, 0) is 44.9 Å². The Hall–Kier alpha value is -0.0100. The maximum Gasteiger partial charge on any atom is 0.0108 e. The summed E-state index contributed by atoms with van der Waals surface area (Å²) < 4.78 is 0. The Bertz CT molecular complexity index is 214. The Kier molecular flexibility index (Phi) is 2.66. The summed E-state index contributed by atoms with van der Waals surface area (Å²) in [6.07, 6.45) is 9.94. The molecule has 0 aromatic carbocycles. The Morgan fingerprint density at radius 3 is 2.00 bits per heavy atom. The van der Waals surface area contributed by atoms with Gasteiger partial charge in [-0.1, -0.05) is 11.1 Å². The topological polar surface area (TPSA) is 12.0 Å². The molecular formula is C11H18ClN. The number of hydrogen-bond donors (Lipinski definition) is 1. The highest BCUT2D eigenvalue weighted by Crippen LogP contribution is 2.38. The molecule has 1 nitrogen and oxygen atoms in total. The first-order chi connectivity index (χ1) is 5.92. The van der Waals surface area contributed by atoms with E-state index in [1.165, 1.54) is 44.9 Å². The number of halogens is 1. The second-order valence-electron chi connectivity index (χ2n) is 4.61. The van der Waals surface area contributed by atoms with Crippen LogP contribution in [-0.2, 0) is 0 Å². The molecule has 1 N–H and O–H groups in total. The molecule has 2 aliphatic heterocycles. The summed E-state index contributed by atoms with van der Waals surface area (Å²) in [5, 5.41) is 3.69. The van der Waals surface area contributed by atoms with Crippen molar-refractivity contribution < 1.29 is 0 Å². The van der Waals surface area contributed by atoms with Crippen molar-refractivity contribution in [3.05, 3.63) is 11.1 Å². The second-order valence-corrected chi connectivity index (χ2v) is 4.61. The Morgan fingerprint density at radius 2 is 1.54 bits per heavy atom. The lowest BCUT2D eigenvalue weighted by Gasteiger charge is -2.29. The summed E-state index contributed by atoms with van der Waals surface area (Å²) in [7, 11) is 0. The van der Waals surface area contributed by atoms with Gasteiger partial charge in [0.1, 0.15) is 0 Å². The summed E-state index contributed by atoms with van der Waals surface area (Å²) in [5.74, 6) is 0. The predicted octanol–water partition coefficient (Wildman–Crippen LogP) is 2.80. The fourth-order valence-corrected chi connectivity index (χ4v) is 2.90. The molecule has 2 atom stereocenters. The molecule has 3 aliphatic rings. The van der Waals surface area contributed by atoms with Gasteiger partial charge < -0.3 is 5.32 Å². The van der Waals surface area contributed by atoms with E-state index in [4.69, 9.17) is 0 Å². The zero-order valence-corrected chi connectivity index (χ0v) is 8.83. The highest BCUT2D eigenvalue weighted by Gasteiger charge is 2.32. The average Bonchev–Trinajstić information content (AvgIpc) is 2.27. The van der Waals surface area contributed by atoms with Gasteiger partial charge >= 0.3 is 0 Å². The maximum absolute atomic E-state index is 3.69. The summed E-state index contributed by atoms with van der Waals surface area (Å²) in [5.41, 5.74) is 3.67. The first-order valence-electron chi connectivity index (χ1n) is 5.37. The molecule has 3 rings (SSSR count). The molecule has 2 bridgehead atoms. The molecule has 0 amide bonds. The van der Waals surface area contributed by atoms with Gasteiger partial charge in [-0.25, -0.2) is 0 Å². The molecule has 1 saturated carbocycles. The molecule has 0 aromatic rings. The van der Waals surface area contributed by atoms with E-state index in [1.54, 1.807) is 0 Å². The molecule has 2 heterocycles. The van der Waals surface area contributed by atoms with Crippen molar-refractivity contribution in [2.75, 3.05) is 0 Å². The maximum atomic E-state index is 3.69. The molecule has 2 saturated heterocycles. The van der Waals surface area contributed by atoms with Crippen LogP contribution < -0.4 is 5.32 Å². The van der Waals surface area contributed by atoms with Crippen molar-refractivity contribution in [3.8, 4) is 0 Å². The van der Waals surface area contributed by atoms with Gasteiger partial charge in [-0.2, -0.15) is 0 Å². The first-order valence-corrected chi connectivity index (χ1v) is 5.37. The standard InChI is InChI=1S/C11H17N.ClH/c1-2-8(3-1)9-6-10-4-5-11(7-9)12-10;/h10-12H,1-7H2;1H. The molecule has 13 heavy (non-hydrogen) atoms. The second kappa shape index (κ2) is 3.62. The largest absolute Gasteiger partial charge is 0.311 e. The molecule has 0 aromatic heterocycles. The van der Waals surface area contributed by atoms with Crippen molar-refractivity contribution in [1.29, 1.82) is 0 Å². The zero-order valence-electron chi connectivity index (χ0n) is 8.01. The van der Waals surface area contributed by atoms with E-state index in [1.807, 2.05) is 11.1 Å². The van der Waals surface area contributed by atoms with Crippen LogP contribution in [0.25, 0.3) is 0 Å². The van der Waals surface area contributed by atoms with Crippen LogP contribution >= 0.6 is 12.4 Å². The van der Waals surface area contributed by atoms with E-state index in [2.05, 4.69) is 5.32 Å². The summed E-state index contributed by atoms with van der Waals surface area (Å²) in [4.78, 5) is 0. The number of nitrogens with one attached hydrogen (secondary N) is 1. The van der Waals surface area contributed by atoms with Gasteiger partial charge in [0.25, 0.3) is 0 Å². The van der Waals surface area contributed by atoms with Crippen LogP contribution in [0.2, 0.25) is 0 Å². The van der Waals surface area contributed by atoms with Crippen LogP contribution in [0.4, 0.5) is 0 Å². The van der Waals surface area contributed by atoms with E-state index in [0.717, 1.165) is 12.1 Å². The minimum absolute atomic E-state index is 0. The van der Waals surface area contributed by atoms with Crippen LogP contribution in [0, 0.1) is 0 Å². The smallest absolute Gasteiger partial charge is 0.0108 e. The van der Waals surface area contributed by atoms with Gasteiger partial charge in [0.2, 0.25) is 0 Å². The van der Waals surface area contributed by atoms with E-state index in [9.17, 15) is 0 Å². The molecule has 2 heteroatoms. The summed E-state index contributed by atoms with van der Waals surface area (Å²) >= 11 is 0. The fourth-order valence-electron chi connectivity index (χ4n) is 2.90. The molecule has 3 fully saturated rings. The number of rotatable bonds is 0. The minimum atomic E-state index is 0. The third-order valence-electron chi connectivity index (χ3n) is 3.78.